The first-order chi connectivity index (χ1) is 8.20. The van der Waals surface area contributed by atoms with Crippen molar-refractivity contribution in [3.8, 4) is 0 Å². The Kier molecular flexibility index (Phi) is 12.6. The maximum Gasteiger partial charge on any atom is 0.301 e. The van der Waals surface area contributed by atoms with E-state index in [0.29, 0.717) is 12.5 Å². The van der Waals surface area contributed by atoms with Crippen LogP contribution in [0.3, 0.4) is 0 Å². The highest BCUT2D eigenvalue weighted by Gasteiger charge is 2.08. The van der Waals surface area contributed by atoms with Crippen molar-refractivity contribution >= 4 is 11.4 Å². The van der Waals surface area contributed by atoms with Crippen molar-refractivity contribution in [2.45, 2.75) is 71.6 Å². The van der Waals surface area contributed by atoms with Gasteiger partial charge in [-0.15, -0.1) is 0 Å². The van der Waals surface area contributed by atoms with Crippen LogP contribution in [0.1, 0.15) is 71.6 Å². The van der Waals surface area contributed by atoms with Gasteiger partial charge in [-0.2, -0.15) is 4.21 Å². The van der Waals surface area contributed by atoms with Crippen LogP contribution in [0.5, 0.6) is 0 Å². The van der Waals surface area contributed by atoms with Gasteiger partial charge in [0.25, 0.3) is 0 Å². The van der Waals surface area contributed by atoms with Crippen molar-refractivity contribution in [1.29, 1.82) is 0 Å². The molecule has 0 radical (unpaired) electrons. The molecule has 104 valence electrons. The molecule has 17 heavy (non-hydrogen) atoms. The minimum absolute atomic E-state index is 0.405. The summed E-state index contributed by atoms with van der Waals surface area (Å²) in [6, 6.07) is 0. The summed E-state index contributed by atoms with van der Waals surface area (Å²) in [4.78, 5) is 0. The van der Waals surface area contributed by atoms with E-state index in [-0.39, 0.29) is 0 Å². The van der Waals surface area contributed by atoms with E-state index in [2.05, 4.69) is 13.8 Å². The summed E-state index contributed by atoms with van der Waals surface area (Å²) in [6.45, 7) is 4.82. The molecule has 0 aliphatic carbocycles. The lowest BCUT2D eigenvalue weighted by Crippen LogP contribution is -2.06. The third-order valence-corrected chi connectivity index (χ3v) is 3.49. The van der Waals surface area contributed by atoms with E-state index in [4.69, 9.17) is 8.74 Å². The fourth-order valence-corrected chi connectivity index (χ4v) is 2.40. The van der Waals surface area contributed by atoms with E-state index < -0.39 is 11.4 Å². The average molecular weight is 264 g/mol. The Morgan fingerprint density at radius 3 is 2.29 bits per heavy atom. The van der Waals surface area contributed by atoms with Crippen molar-refractivity contribution < 1.29 is 12.9 Å². The molecule has 0 fully saturated rings. The predicted molar refractivity (Wildman–Crippen MR) is 73.1 cm³/mol. The fourth-order valence-electron chi connectivity index (χ4n) is 2.16. The Morgan fingerprint density at radius 2 is 1.71 bits per heavy atom. The second-order valence-electron chi connectivity index (χ2n) is 4.69. The van der Waals surface area contributed by atoms with Gasteiger partial charge in [0.2, 0.25) is 0 Å². The number of unbranched alkanes of at least 4 members (excludes halogenated alkanes) is 4. The zero-order valence-electron chi connectivity index (χ0n) is 11.3. The molecule has 0 saturated heterocycles. The van der Waals surface area contributed by atoms with Crippen LogP contribution in [0.25, 0.3) is 0 Å². The Labute approximate surface area is 109 Å². The van der Waals surface area contributed by atoms with Crippen molar-refractivity contribution in [2.75, 3.05) is 6.61 Å². The maximum absolute atomic E-state index is 10.4. The number of hydrogen-bond acceptors (Lipinski definition) is 2. The molecule has 2 atom stereocenters. The van der Waals surface area contributed by atoms with Crippen LogP contribution < -0.4 is 0 Å². The monoisotopic (exact) mass is 264 g/mol. The molecule has 3 nitrogen and oxygen atoms in total. The minimum Gasteiger partial charge on any atom is -0.284 e. The van der Waals surface area contributed by atoms with Gasteiger partial charge in [-0.25, -0.2) is 0 Å². The summed E-state index contributed by atoms with van der Waals surface area (Å²) < 4.78 is 23.6. The molecule has 0 aliphatic rings. The van der Waals surface area contributed by atoms with Gasteiger partial charge >= 0.3 is 11.4 Å². The molecule has 1 N–H and O–H groups in total. The van der Waals surface area contributed by atoms with E-state index in [0.717, 1.165) is 6.42 Å². The highest BCUT2D eigenvalue weighted by molar-refractivity contribution is 7.74. The van der Waals surface area contributed by atoms with Crippen molar-refractivity contribution in [3.63, 3.8) is 0 Å². The summed E-state index contributed by atoms with van der Waals surface area (Å²) in [7, 11) is 0. The lowest BCUT2D eigenvalue weighted by atomic mass is 9.93. The van der Waals surface area contributed by atoms with E-state index in [9.17, 15) is 4.21 Å². The van der Waals surface area contributed by atoms with E-state index >= 15 is 0 Å². The number of hydrogen-bond donors (Lipinski definition) is 1. The molecule has 0 saturated carbocycles. The molecule has 0 aromatic heterocycles. The SMILES string of the molecule is CCCCCCCC(CCC)CCOS(=O)O. The second kappa shape index (κ2) is 12.5. The summed E-state index contributed by atoms with van der Waals surface area (Å²) in [5.74, 6) is 0.658. The summed E-state index contributed by atoms with van der Waals surface area (Å²) in [6.07, 6.45) is 11.1. The quantitative estimate of drug-likeness (QED) is 0.422. The lowest BCUT2D eigenvalue weighted by molar-refractivity contribution is 0.259. The lowest BCUT2D eigenvalue weighted by Gasteiger charge is -2.15. The van der Waals surface area contributed by atoms with Gasteiger partial charge in [0.05, 0.1) is 6.61 Å². The molecule has 0 heterocycles. The zero-order valence-corrected chi connectivity index (χ0v) is 12.1. The molecular weight excluding hydrogens is 236 g/mol. The van der Waals surface area contributed by atoms with Gasteiger partial charge in [-0.05, 0) is 12.3 Å². The van der Waals surface area contributed by atoms with E-state index in [1.54, 1.807) is 0 Å². The van der Waals surface area contributed by atoms with E-state index in [1.807, 2.05) is 0 Å². The molecule has 2 unspecified atom stereocenters. The Balaban J connectivity index is 3.55. The first-order valence-electron chi connectivity index (χ1n) is 6.94. The zero-order chi connectivity index (χ0) is 12.9. The van der Waals surface area contributed by atoms with Crippen molar-refractivity contribution in [3.05, 3.63) is 0 Å². The Morgan fingerprint density at radius 1 is 1.00 bits per heavy atom. The maximum atomic E-state index is 10.4. The number of rotatable bonds is 12. The molecular formula is C13H28O3S. The molecule has 0 aromatic rings. The van der Waals surface area contributed by atoms with Gasteiger partial charge in [-0.3, -0.25) is 8.74 Å². The average Bonchev–Trinajstić information content (AvgIpc) is 2.28. The molecule has 0 aromatic carbocycles. The van der Waals surface area contributed by atoms with Crippen LogP contribution in [0, 0.1) is 5.92 Å². The molecule has 0 rings (SSSR count). The third kappa shape index (κ3) is 12.3. The predicted octanol–water partition coefficient (Wildman–Crippen LogP) is 4.31. The highest BCUT2D eigenvalue weighted by atomic mass is 32.2. The van der Waals surface area contributed by atoms with Crippen molar-refractivity contribution in [1.82, 2.24) is 0 Å². The van der Waals surface area contributed by atoms with Crippen LogP contribution in [0.4, 0.5) is 0 Å². The smallest absolute Gasteiger partial charge is 0.284 e. The molecule has 0 spiro atoms. The Bertz CT molecular complexity index is 186. The topological polar surface area (TPSA) is 46.5 Å². The minimum atomic E-state index is -2.10. The fraction of sp³-hybridized carbons (Fsp3) is 1.00. The first kappa shape index (κ1) is 17.1. The third-order valence-electron chi connectivity index (χ3n) is 3.12. The summed E-state index contributed by atoms with van der Waals surface area (Å²) in [5, 5.41) is 0. The summed E-state index contributed by atoms with van der Waals surface area (Å²) in [5.41, 5.74) is 0. The molecule has 4 heteroatoms. The van der Waals surface area contributed by atoms with Gasteiger partial charge in [0.15, 0.2) is 0 Å². The van der Waals surface area contributed by atoms with Crippen LogP contribution in [0.2, 0.25) is 0 Å². The molecule has 0 aliphatic heterocycles. The second-order valence-corrected chi connectivity index (χ2v) is 5.36. The van der Waals surface area contributed by atoms with Gasteiger partial charge < -0.3 is 0 Å². The largest absolute Gasteiger partial charge is 0.301 e. The van der Waals surface area contributed by atoms with Gasteiger partial charge in [0.1, 0.15) is 0 Å². The van der Waals surface area contributed by atoms with Crippen molar-refractivity contribution in [2.24, 2.45) is 5.92 Å². The first-order valence-corrected chi connectivity index (χ1v) is 7.98. The summed E-state index contributed by atoms with van der Waals surface area (Å²) >= 11 is -2.10. The molecule has 0 bridgehead atoms. The van der Waals surface area contributed by atoms with Crippen LogP contribution in [-0.4, -0.2) is 15.4 Å². The highest BCUT2D eigenvalue weighted by Crippen LogP contribution is 2.20. The van der Waals surface area contributed by atoms with Gasteiger partial charge in [-0.1, -0.05) is 65.2 Å². The van der Waals surface area contributed by atoms with Crippen LogP contribution in [0.15, 0.2) is 0 Å². The standard InChI is InChI=1S/C13H28O3S/c1-3-5-6-7-8-10-13(9-4-2)11-12-16-17(14)15/h13H,3-12H2,1-2H3,(H,14,15). The van der Waals surface area contributed by atoms with E-state index in [1.165, 1.54) is 51.4 Å². The normalized spacial score (nSPS) is 14.8. The van der Waals surface area contributed by atoms with Crippen LogP contribution >= 0.6 is 0 Å². The molecule has 0 amide bonds. The van der Waals surface area contributed by atoms with Crippen LogP contribution in [-0.2, 0) is 15.5 Å². The van der Waals surface area contributed by atoms with Gasteiger partial charge in [0, 0.05) is 0 Å². The Hall–Kier alpha value is 0.0700.